The van der Waals surface area contributed by atoms with Gasteiger partial charge in [-0.1, -0.05) is 13.8 Å². The number of rotatable bonds is 2. The van der Waals surface area contributed by atoms with Crippen molar-refractivity contribution in [1.29, 1.82) is 0 Å². The molecule has 0 radical (unpaired) electrons. The molecule has 0 N–H and O–H groups in total. The molecule has 1 rings (SSSR count). The normalized spacial score (nSPS) is 40.5. The van der Waals surface area contributed by atoms with Crippen LogP contribution in [0.3, 0.4) is 0 Å². The van der Waals surface area contributed by atoms with Crippen LogP contribution in [0.4, 0.5) is 0 Å². The quantitative estimate of drug-likeness (QED) is 0.588. The van der Waals surface area contributed by atoms with Gasteiger partial charge in [0.25, 0.3) is 0 Å². The van der Waals surface area contributed by atoms with Gasteiger partial charge in [-0.05, 0) is 12.3 Å². The highest BCUT2D eigenvalue weighted by Crippen LogP contribution is 2.27. The third kappa shape index (κ3) is 1.50. The maximum Gasteiger partial charge on any atom is 0.157 e. The summed E-state index contributed by atoms with van der Waals surface area (Å²) in [4.78, 5) is 0. The summed E-state index contributed by atoms with van der Waals surface area (Å²) in [6, 6.07) is 0. The fraction of sp³-hybridized carbons (Fsp3) is 1.00. The number of hydrogen-bond donors (Lipinski definition) is 0. The van der Waals surface area contributed by atoms with Crippen molar-refractivity contribution < 1.29 is 9.47 Å². The van der Waals surface area contributed by atoms with E-state index in [1.165, 1.54) is 0 Å². The first kappa shape index (κ1) is 8.02. The van der Waals surface area contributed by atoms with Crippen molar-refractivity contribution in [2.24, 2.45) is 5.92 Å². The molecule has 0 saturated carbocycles. The molecule has 60 valence electrons. The maximum atomic E-state index is 5.55. The van der Waals surface area contributed by atoms with Crippen LogP contribution in [0, 0.1) is 5.92 Å². The predicted octanol–water partition coefficient (Wildman–Crippen LogP) is 1.79. The molecule has 1 heterocycles. The van der Waals surface area contributed by atoms with Gasteiger partial charge in [-0.25, -0.2) is 0 Å². The molecule has 0 aliphatic carbocycles. The van der Waals surface area contributed by atoms with Gasteiger partial charge in [0.2, 0.25) is 0 Å². The van der Waals surface area contributed by atoms with E-state index in [4.69, 9.17) is 9.47 Å². The van der Waals surface area contributed by atoms with Gasteiger partial charge >= 0.3 is 0 Å². The van der Waals surface area contributed by atoms with Crippen LogP contribution in [0.2, 0.25) is 0 Å². The monoisotopic (exact) mass is 144 g/mol. The zero-order valence-corrected chi connectivity index (χ0v) is 6.96. The Bertz CT molecular complexity index is 103. The van der Waals surface area contributed by atoms with E-state index in [-0.39, 0.29) is 6.29 Å². The summed E-state index contributed by atoms with van der Waals surface area (Å²) in [5, 5.41) is 0. The summed E-state index contributed by atoms with van der Waals surface area (Å²) in [6.45, 7) is 4.37. The molecule has 0 aromatic carbocycles. The molecule has 0 bridgehead atoms. The number of ether oxygens (including phenoxy) is 2. The zero-order valence-electron chi connectivity index (χ0n) is 6.96. The summed E-state index contributed by atoms with van der Waals surface area (Å²) in [5.41, 5.74) is 0. The van der Waals surface area contributed by atoms with Crippen molar-refractivity contribution in [3.63, 3.8) is 0 Å². The molecule has 1 aliphatic rings. The third-order valence-corrected chi connectivity index (χ3v) is 2.19. The van der Waals surface area contributed by atoms with Crippen LogP contribution in [0.1, 0.15) is 26.7 Å². The minimum Gasteiger partial charge on any atom is -0.356 e. The van der Waals surface area contributed by atoms with Crippen LogP contribution >= 0.6 is 0 Å². The zero-order chi connectivity index (χ0) is 7.56. The molecule has 10 heavy (non-hydrogen) atoms. The smallest absolute Gasteiger partial charge is 0.157 e. The highest BCUT2D eigenvalue weighted by Gasteiger charge is 2.30. The fourth-order valence-electron chi connectivity index (χ4n) is 1.49. The molecule has 1 saturated heterocycles. The Morgan fingerprint density at radius 3 is 2.60 bits per heavy atom. The second-order valence-corrected chi connectivity index (χ2v) is 2.96. The second kappa shape index (κ2) is 3.35. The summed E-state index contributed by atoms with van der Waals surface area (Å²) >= 11 is 0. The van der Waals surface area contributed by atoms with E-state index in [0.29, 0.717) is 12.0 Å². The average Bonchev–Trinajstić information content (AvgIpc) is 2.30. The summed E-state index contributed by atoms with van der Waals surface area (Å²) in [6.07, 6.45) is 2.63. The van der Waals surface area contributed by atoms with E-state index in [9.17, 15) is 0 Å². The molecule has 1 aliphatic heterocycles. The molecule has 2 heteroatoms. The number of hydrogen-bond acceptors (Lipinski definition) is 2. The van der Waals surface area contributed by atoms with Crippen molar-refractivity contribution in [3.05, 3.63) is 0 Å². The Morgan fingerprint density at radius 1 is 1.60 bits per heavy atom. The van der Waals surface area contributed by atoms with Crippen LogP contribution in [-0.4, -0.2) is 19.5 Å². The van der Waals surface area contributed by atoms with Crippen LogP contribution in [0.25, 0.3) is 0 Å². The Morgan fingerprint density at radius 2 is 2.30 bits per heavy atom. The lowest BCUT2D eigenvalue weighted by atomic mass is 10.0. The summed E-state index contributed by atoms with van der Waals surface area (Å²) in [7, 11) is 1.70. The lowest BCUT2D eigenvalue weighted by Crippen LogP contribution is -2.13. The molecule has 1 fully saturated rings. The predicted molar refractivity (Wildman–Crippen MR) is 39.7 cm³/mol. The molecule has 1 unspecified atom stereocenters. The first-order chi connectivity index (χ1) is 4.77. The van der Waals surface area contributed by atoms with Crippen molar-refractivity contribution in [3.8, 4) is 0 Å². The van der Waals surface area contributed by atoms with Gasteiger partial charge in [0.15, 0.2) is 6.29 Å². The van der Waals surface area contributed by atoms with Gasteiger partial charge in [0.05, 0.1) is 6.10 Å². The topological polar surface area (TPSA) is 18.5 Å². The molecule has 0 spiro atoms. The standard InChI is InChI=1S/C8H16O2/c1-4-7-6(2)5-8(9-3)10-7/h6-8H,4-5H2,1-3H3/t6-,7-,8?/m1/s1. The van der Waals surface area contributed by atoms with Gasteiger partial charge in [0, 0.05) is 13.5 Å². The van der Waals surface area contributed by atoms with Gasteiger partial charge in [-0.15, -0.1) is 0 Å². The Labute approximate surface area is 62.5 Å². The third-order valence-electron chi connectivity index (χ3n) is 2.19. The van der Waals surface area contributed by atoms with E-state index >= 15 is 0 Å². The van der Waals surface area contributed by atoms with E-state index in [1.54, 1.807) is 7.11 Å². The van der Waals surface area contributed by atoms with Crippen LogP contribution in [0.15, 0.2) is 0 Å². The molecule has 0 amide bonds. The Kier molecular flexibility index (Phi) is 2.69. The largest absolute Gasteiger partial charge is 0.356 e. The molecular formula is C8H16O2. The van der Waals surface area contributed by atoms with Crippen molar-refractivity contribution >= 4 is 0 Å². The van der Waals surface area contributed by atoms with E-state index in [1.807, 2.05) is 0 Å². The van der Waals surface area contributed by atoms with Crippen molar-refractivity contribution in [1.82, 2.24) is 0 Å². The van der Waals surface area contributed by atoms with E-state index in [0.717, 1.165) is 12.8 Å². The maximum absolute atomic E-state index is 5.55. The molecule has 3 atom stereocenters. The van der Waals surface area contributed by atoms with Gasteiger partial charge in [-0.2, -0.15) is 0 Å². The van der Waals surface area contributed by atoms with Crippen molar-refractivity contribution in [2.45, 2.75) is 39.1 Å². The number of methoxy groups -OCH3 is 1. The molecule has 0 aromatic rings. The van der Waals surface area contributed by atoms with E-state index in [2.05, 4.69) is 13.8 Å². The minimum absolute atomic E-state index is 0.0555. The first-order valence-corrected chi connectivity index (χ1v) is 3.96. The lowest BCUT2D eigenvalue weighted by Gasteiger charge is -2.11. The van der Waals surface area contributed by atoms with Gasteiger partial charge in [0.1, 0.15) is 0 Å². The first-order valence-electron chi connectivity index (χ1n) is 3.96. The fourth-order valence-corrected chi connectivity index (χ4v) is 1.49. The minimum atomic E-state index is 0.0555. The Hall–Kier alpha value is -0.0800. The second-order valence-electron chi connectivity index (χ2n) is 2.96. The summed E-state index contributed by atoms with van der Waals surface area (Å²) < 4.78 is 10.6. The molecule has 2 nitrogen and oxygen atoms in total. The average molecular weight is 144 g/mol. The Balaban J connectivity index is 2.36. The van der Waals surface area contributed by atoms with E-state index < -0.39 is 0 Å². The summed E-state index contributed by atoms with van der Waals surface area (Å²) in [5.74, 6) is 0.662. The SMILES string of the molecule is CC[C@H]1OC(OC)C[C@H]1C. The highest BCUT2D eigenvalue weighted by atomic mass is 16.7. The van der Waals surface area contributed by atoms with Crippen molar-refractivity contribution in [2.75, 3.05) is 7.11 Å². The lowest BCUT2D eigenvalue weighted by molar-refractivity contribution is -0.115. The molecular weight excluding hydrogens is 128 g/mol. The molecule has 0 aromatic heterocycles. The van der Waals surface area contributed by atoms with Crippen LogP contribution in [0.5, 0.6) is 0 Å². The van der Waals surface area contributed by atoms with Gasteiger partial charge in [-0.3, -0.25) is 0 Å². The van der Waals surface area contributed by atoms with Crippen LogP contribution in [-0.2, 0) is 9.47 Å². The van der Waals surface area contributed by atoms with Gasteiger partial charge < -0.3 is 9.47 Å². The van der Waals surface area contributed by atoms with Crippen LogP contribution < -0.4 is 0 Å². The highest BCUT2D eigenvalue weighted by molar-refractivity contribution is 4.73.